The van der Waals surface area contributed by atoms with Crippen molar-refractivity contribution in [1.29, 1.82) is 0 Å². The van der Waals surface area contributed by atoms with Crippen LogP contribution in [0.15, 0.2) is 0 Å². The lowest BCUT2D eigenvalue weighted by Crippen LogP contribution is -2.95. The molecule has 5 fully saturated rings. The van der Waals surface area contributed by atoms with E-state index in [4.69, 9.17) is 15.3 Å². The molecular weight excluding hydrogens is 396 g/mol. The Morgan fingerprint density at radius 2 is 1.97 bits per heavy atom. The first-order valence-electron chi connectivity index (χ1n) is 12.6. The SMILES string of the molecule is NC(=O)C1CCN(C2CC(C3NOC(C4CCCN4CC4CCCO4)N3)CC[NH2+]2)CC1. The highest BCUT2D eigenvalue weighted by molar-refractivity contribution is 5.76. The molecule has 0 radical (unpaired) electrons. The van der Waals surface area contributed by atoms with E-state index in [9.17, 15) is 4.79 Å². The summed E-state index contributed by atoms with van der Waals surface area (Å²) in [5.41, 5.74) is 8.86. The first-order chi connectivity index (χ1) is 15.2. The number of ether oxygens (including phenoxy) is 1. The number of hydrogen-bond donors (Lipinski definition) is 4. The van der Waals surface area contributed by atoms with Crippen LogP contribution < -0.4 is 21.8 Å². The number of carbonyl (C=O) groups excluding carboxylic acids is 1. The monoisotopic (exact) mass is 437 g/mol. The van der Waals surface area contributed by atoms with Crippen LogP contribution in [0, 0.1) is 11.8 Å². The highest BCUT2D eigenvalue weighted by atomic mass is 16.7. The van der Waals surface area contributed by atoms with Gasteiger partial charge in [-0.25, -0.2) is 0 Å². The highest BCUT2D eigenvalue weighted by Crippen LogP contribution is 2.28. The van der Waals surface area contributed by atoms with Crippen molar-refractivity contribution in [2.45, 2.75) is 82.1 Å². The number of primary amides is 1. The van der Waals surface area contributed by atoms with E-state index < -0.39 is 0 Å². The Balaban J connectivity index is 1.11. The molecule has 5 saturated heterocycles. The Kier molecular flexibility index (Phi) is 7.09. The molecule has 0 aromatic heterocycles. The molecule has 31 heavy (non-hydrogen) atoms. The van der Waals surface area contributed by atoms with E-state index in [0.717, 1.165) is 58.6 Å². The van der Waals surface area contributed by atoms with Crippen LogP contribution in [0.25, 0.3) is 0 Å². The van der Waals surface area contributed by atoms with E-state index in [-0.39, 0.29) is 24.2 Å². The third kappa shape index (κ3) is 5.08. The molecule has 0 saturated carbocycles. The molecule has 0 aliphatic carbocycles. The molecule has 9 heteroatoms. The number of nitrogens with two attached hydrogens (primary N) is 2. The molecule has 5 aliphatic heterocycles. The Morgan fingerprint density at radius 3 is 2.74 bits per heavy atom. The maximum atomic E-state index is 11.5. The van der Waals surface area contributed by atoms with Gasteiger partial charge in [-0.1, -0.05) is 0 Å². The highest BCUT2D eigenvalue weighted by Gasteiger charge is 2.43. The zero-order chi connectivity index (χ0) is 21.2. The minimum Gasteiger partial charge on any atom is -0.377 e. The topological polar surface area (TPSA) is 109 Å². The average Bonchev–Trinajstić information content (AvgIpc) is 3.56. The van der Waals surface area contributed by atoms with E-state index in [0.29, 0.717) is 24.2 Å². The van der Waals surface area contributed by atoms with E-state index >= 15 is 0 Å². The number of nitrogens with zero attached hydrogens (tertiary/aromatic N) is 2. The van der Waals surface area contributed by atoms with Crippen LogP contribution in [-0.4, -0.2) is 85.7 Å². The second-order valence-electron chi connectivity index (χ2n) is 10.2. The minimum absolute atomic E-state index is 0.0598. The molecule has 5 rings (SSSR count). The van der Waals surface area contributed by atoms with Crippen LogP contribution in [-0.2, 0) is 14.4 Å². The molecule has 0 aromatic rings. The third-order valence-electron chi connectivity index (χ3n) is 8.28. The van der Waals surface area contributed by atoms with Gasteiger partial charge in [0.2, 0.25) is 5.91 Å². The first-order valence-corrected chi connectivity index (χ1v) is 12.6. The summed E-state index contributed by atoms with van der Waals surface area (Å²) in [6, 6.07) is 0.431. The third-order valence-corrected chi connectivity index (χ3v) is 8.28. The number of rotatable bonds is 6. The molecule has 0 bridgehead atoms. The molecule has 5 aliphatic rings. The predicted molar refractivity (Wildman–Crippen MR) is 115 cm³/mol. The minimum atomic E-state index is -0.131. The van der Waals surface area contributed by atoms with Crippen molar-refractivity contribution >= 4 is 5.91 Å². The summed E-state index contributed by atoms with van der Waals surface area (Å²) in [6.07, 6.45) is 10.1. The quantitative estimate of drug-likeness (QED) is 0.418. The molecule has 176 valence electrons. The number of likely N-dealkylation sites (tertiary alicyclic amines) is 2. The Bertz CT molecular complexity index is 610. The normalized spacial score (nSPS) is 41.2. The van der Waals surface area contributed by atoms with E-state index in [1.165, 1.54) is 32.1 Å². The fraction of sp³-hybridized carbons (Fsp3) is 0.955. The van der Waals surface area contributed by atoms with Crippen molar-refractivity contribution in [3.63, 3.8) is 0 Å². The Labute approximate surface area is 185 Å². The van der Waals surface area contributed by atoms with E-state index in [1.807, 2.05) is 0 Å². The number of nitrogens with one attached hydrogen (secondary N) is 2. The van der Waals surface area contributed by atoms with Crippen LogP contribution in [0.4, 0.5) is 0 Å². The van der Waals surface area contributed by atoms with Gasteiger partial charge in [-0.3, -0.25) is 24.7 Å². The largest absolute Gasteiger partial charge is 0.377 e. The lowest BCUT2D eigenvalue weighted by atomic mass is 9.90. The standard InChI is InChI=1S/C22H40N6O3/c23-20(29)15-6-10-27(11-7-15)19-13-16(5-8-24-19)21-25-22(31-26-21)18-4-1-9-28(18)14-17-3-2-12-30-17/h15-19,21-22,24-26H,1-14H2,(H2,23,29)/p+1. The van der Waals surface area contributed by atoms with Crippen molar-refractivity contribution in [1.82, 2.24) is 20.6 Å². The van der Waals surface area contributed by atoms with E-state index in [1.54, 1.807) is 0 Å². The van der Waals surface area contributed by atoms with Crippen LogP contribution >= 0.6 is 0 Å². The smallest absolute Gasteiger partial charge is 0.220 e. The van der Waals surface area contributed by atoms with Crippen molar-refractivity contribution in [2.75, 3.05) is 39.3 Å². The molecule has 6 unspecified atom stereocenters. The van der Waals surface area contributed by atoms with Gasteiger partial charge in [-0.2, -0.15) is 5.48 Å². The molecule has 0 aromatic carbocycles. The van der Waals surface area contributed by atoms with Crippen molar-refractivity contribution in [3.8, 4) is 0 Å². The summed E-state index contributed by atoms with van der Waals surface area (Å²) in [4.78, 5) is 22.7. The number of carbonyl (C=O) groups is 1. The zero-order valence-corrected chi connectivity index (χ0v) is 18.7. The second-order valence-corrected chi connectivity index (χ2v) is 10.2. The summed E-state index contributed by atoms with van der Waals surface area (Å²) in [5.74, 6) is 0.488. The number of amides is 1. The summed E-state index contributed by atoms with van der Waals surface area (Å²) in [5, 5.41) is 6.27. The van der Waals surface area contributed by atoms with Crippen LogP contribution in [0.2, 0.25) is 0 Å². The number of hydrogen-bond acceptors (Lipinski definition) is 7. The van der Waals surface area contributed by atoms with Gasteiger partial charge >= 0.3 is 0 Å². The second kappa shape index (κ2) is 9.99. The van der Waals surface area contributed by atoms with Crippen LogP contribution in [0.1, 0.15) is 51.4 Å². The summed E-state index contributed by atoms with van der Waals surface area (Å²) < 4.78 is 5.88. The lowest BCUT2D eigenvalue weighted by molar-refractivity contribution is -0.720. The summed E-state index contributed by atoms with van der Waals surface area (Å²) in [6.45, 7) is 6.21. The molecule has 1 amide bonds. The number of hydroxylamine groups is 1. The summed E-state index contributed by atoms with van der Waals surface area (Å²) in [7, 11) is 0. The van der Waals surface area contributed by atoms with Gasteiger partial charge in [0.1, 0.15) is 12.4 Å². The van der Waals surface area contributed by atoms with Gasteiger partial charge in [0, 0.05) is 50.9 Å². The lowest BCUT2D eigenvalue weighted by Gasteiger charge is -2.39. The zero-order valence-electron chi connectivity index (χ0n) is 18.7. The van der Waals surface area contributed by atoms with Crippen molar-refractivity contribution < 1.29 is 19.7 Å². The Morgan fingerprint density at radius 1 is 1.10 bits per heavy atom. The fourth-order valence-corrected chi connectivity index (χ4v) is 6.43. The molecule has 9 nitrogen and oxygen atoms in total. The van der Waals surface area contributed by atoms with Gasteiger partial charge in [0.25, 0.3) is 0 Å². The van der Waals surface area contributed by atoms with Gasteiger partial charge in [0.15, 0.2) is 0 Å². The van der Waals surface area contributed by atoms with Crippen LogP contribution in [0.3, 0.4) is 0 Å². The number of piperidine rings is 2. The first kappa shape index (κ1) is 22.0. The van der Waals surface area contributed by atoms with Gasteiger partial charge < -0.3 is 15.8 Å². The molecule has 0 spiro atoms. The van der Waals surface area contributed by atoms with Crippen LogP contribution in [0.5, 0.6) is 0 Å². The molecule has 5 heterocycles. The maximum absolute atomic E-state index is 11.5. The van der Waals surface area contributed by atoms with Crippen molar-refractivity contribution in [2.24, 2.45) is 17.6 Å². The fourth-order valence-electron chi connectivity index (χ4n) is 6.43. The van der Waals surface area contributed by atoms with Gasteiger partial charge in [-0.15, -0.1) is 0 Å². The summed E-state index contributed by atoms with van der Waals surface area (Å²) >= 11 is 0. The van der Waals surface area contributed by atoms with Gasteiger partial charge in [-0.05, 0) is 45.1 Å². The van der Waals surface area contributed by atoms with Gasteiger partial charge in [0.05, 0.1) is 24.9 Å². The number of quaternary nitrogens is 1. The molecule has 6 atom stereocenters. The maximum Gasteiger partial charge on any atom is 0.220 e. The average molecular weight is 438 g/mol. The Hall–Kier alpha value is -0.810. The predicted octanol–water partition coefficient (Wildman–Crippen LogP) is -1.10. The van der Waals surface area contributed by atoms with Crippen molar-refractivity contribution in [3.05, 3.63) is 0 Å². The molecule has 6 N–H and O–H groups in total. The van der Waals surface area contributed by atoms with E-state index in [2.05, 4.69) is 25.9 Å². The molecular formula is C22H41N6O3+.